The van der Waals surface area contributed by atoms with Gasteiger partial charge in [-0.15, -0.1) is 0 Å². The second kappa shape index (κ2) is 3.18. The molecule has 0 aromatic heterocycles. The minimum Gasteiger partial charge on any atom is -0.399 e. The Labute approximate surface area is 57.5 Å². The highest BCUT2D eigenvalue weighted by Gasteiger charge is 1.80. The van der Waals surface area contributed by atoms with E-state index < -0.39 is 0 Å². The molecule has 0 unspecified atom stereocenters. The van der Waals surface area contributed by atoms with Crippen LogP contribution in [0.15, 0.2) is 24.3 Å². The Hall–Kier alpha value is -0.915. The fourth-order valence-corrected chi connectivity index (χ4v) is 0.566. The van der Waals surface area contributed by atoms with E-state index in [1.54, 1.807) is 0 Å². The molecule has 0 aliphatic carbocycles. The van der Waals surface area contributed by atoms with Gasteiger partial charge in [0.05, 0.1) is 0 Å². The van der Waals surface area contributed by atoms with E-state index in [-0.39, 0.29) is 8.41 Å². The van der Waals surface area contributed by atoms with Crippen molar-refractivity contribution in [3.8, 4) is 0 Å². The summed E-state index contributed by atoms with van der Waals surface area (Å²) in [5, 5.41) is 0. The summed E-state index contributed by atoms with van der Waals surface area (Å²) in [4.78, 5) is 0. The van der Waals surface area contributed by atoms with Gasteiger partial charge in [0, 0.05) is 14.1 Å². The van der Waals surface area contributed by atoms with Crippen LogP contribution in [0.25, 0.3) is 0 Å². The van der Waals surface area contributed by atoms with Crippen LogP contribution in [0.2, 0.25) is 0 Å². The Balaban J connectivity index is 0.000000640. The molecule has 0 heterocycles. The summed E-state index contributed by atoms with van der Waals surface area (Å²) in [6.45, 7) is 2.04. The van der Waals surface area contributed by atoms with Gasteiger partial charge in [-0.3, -0.25) is 0 Å². The summed E-state index contributed by atoms with van der Waals surface area (Å²) in [5.74, 6) is 0. The van der Waals surface area contributed by atoms with Crippen LogP contribution in [0, 0.1) is 6.92 Å². The molecule has 0 spiro atoms. The zero-order chi connectivity index (χ0) is 5.98. The van der Waals surface area contributed by atoms with Crippen LogP contribution in [0.4, 0.5) is 5.69 Å². The first kappa shape index (κ1) is 8.08. The Bertz CT molecular complexity index is 148. The van der Waals surface area contributed by atoms with Crippen LogP contribution in [0.3, 0.4) is 0 Å². The summed E-state index contributed by atoms with van der Waals surface area (Å²) >= 11 is 0. The molecule has 0 aliphatic rings. The maximum Gasteiger partial charge on any atom is 0.0314 e. The summed E-state index contributed by atoms with van der Waals surface area (Å²) in [7, 11) is 0. The third kappa shape index (κ3) is 2.22. The molecule has 0 amide bonds. The van der Waals surface area contributed by atoms with E-state index in [9.17, 15) is 0 Å². The van der Waals surface area contributed by atoms with E-state index in [0.29, 0.717) is 0 Å². The van der Waals surface area contributed by atoms with Crippen LogP contribution in [0.1, 0.15) is 5.56 Å². The van der Waals surface area contributed by atoms with Gasteiger partial charge in [-0.2, -0.15) is 0 Å². The average Bonchev–Trinajstić information content (AvgIpc) is 1.77. The number of nitrogen functional groups attached to an aromatic ring is 1. The van der Waals surface area contributed by atoms with Crippen LogP contribution >= 0.6 is 0 Å². The summed E-state index contributed by atoms with van der Waals surface area (Å²) in [6.07, 6.45) is 0. The largest absolute Gasteiger partial charge is 0.399 e. The van der Waals surface area contributed by atoms with Crippen molar-refractivity contribution >= 4 is 14.1 Å². The molecule has 0 saturated carbocycles. The van der Waals surface area contributed by atoms with Gasteiger partial charge < -0.3 is 5.73 Å². The van der Waals surface area contributed by atoms with E-state index >= 15 is 0 Å². The molecule has 0 atom stereocenters. The van der Waals surface area contributed by atoms with Crippen molar-refractivity contribution in [2.24, 2.45) is 0 Å². The van der Waals surface area contributed by atoms with Crippen molar-refractivity contribution in [3.05, 3.63) is 29.8 Å². The Kier molecular flexibility index (Phi) is 2.86. The van der Waals surface area contributed by atoms with E-state index in [2.05, 4.69) is 0 Å². The van der Waals surface area contributed by atoms with Crippen molar-refractivity contribution in [1.82, 2.24) is 0 Å². The first-order valence-electron chi connectivity index (χ1n) is 2.61. The molecule has 1 aromatic carbocycles. The van der Waals surface area contributed by atoms with E-state index in [1.807, 2.05) is 31.2 Å². The molecular weight excluding hydrogens is 109 g/mol. The minimum atomic E-state index is 0. The lowest BCUT2D eigenvalue weighted by atomic mass is 10.2. The van der Waals surface area contributed by atoms with E-state index in [0.717, 1.165) is 5.69 Å². The monoisotopic (exact) mass is 118 g/mol. The lowest BCUT2D eigenvalue weighted by Crippen LogP contribution is -1.81. The van der Waals surface area contributed by atoms with Gasteiger partial charge in [0.25, 0.3) is 0 Å². The fourth-order valence-electron chi connectivity index (χ4n) is 0.566. The minimum absolute atomic E-state index is 0. The van der Waals surface area contributed by atoms with Crippen LogP contribution in [-0.2, 0) is 0 Å². The molecule has 1 aromatic rings. The van der Waals surface area contributed by atoms with Crippen molar-refractivity contribution in [2.75, 3.05) is 5.73 Å². The molecule has 3 radical (unpaired) electrons. The highest BCUT2D eigenvalue weighted by molar-refractivity contribution is 5.75. The number of rotatable bonds is 0. The van der Waals surface area contributed by atoms with Crippen molar-refractivity contribution in [2.45, 2.75) is 6.92 Å². The first-order valence-corrected chi connectivity index (χ1v) is 2.61. The highest BCUT2D eigenvalue weighted by atomic mass is 14.5. The normalized spacial score (nSPS) is 8.11. The first-order chi connectivity index (χ1) is 3.79. The maximum absolute atomic E-state index is 5.43. The molecule has 0 bridgehead atoms. The number of hydrogen-bond acceptors (Lipinski definition) is 1. The topological polar surface area (TPSA) is 26.0 Å². The molecule has 1 nitrogen and oxygen atoms in total. The summed E-state index contributed by atoms with van der Waals surface area (Å²) in [5.41, 5.74) is 7.51. The molecule has 2 heteroatoms. The number of benzene rings is 1. The second-order valence-corrected chi connectivity index (χ2v) is 1.91. The Morgan fingerprint density at radius 1 is 1.11 bits per heavy atom. The SMILES string of the molecule is Cc1ccc(N)cc1.[B]. The maximum atomic E-state index is 5.43. The Morgan fingerprint density at radius 3 is 1.89 bits per heavy atom. The third-order valence-electron chi connectivity index (χ3n) is 1.08. The van der Waals surface area contributed by atoms with Crippen LogP contribution in [-0.4, -0.2) is 8.41 Å². The van der Waals surface area contributed by atoms with Gasteiger partial charge >= 0.3 is 0 Å². The molecule has 45 valence electrons. The number of nitrogens with two attached hydrogens (primary N) is 1. The number of hydrogen-bond donors (Lipinski definition) is 1. The summed E-state index contributed by atoms with van der Waals surface area (Å²) in [6, 6.07) is 7.79. The predicted octanol–water partition coefficient (Wildman–Crippen LogP) is 1.20. The van der Waals surface area contributed by atoms with Crippen LogP contribution < -0.4 is 5.73 Å². The average molecular weight is 118 g/mol. The summed E-state index contributed by atoms with van der Waals surface area (Å²) < 4.78 is 0. The molecule has 9 heavy (non-hydrogen) atoms. The number of aryl methyl sites for hydroxylation is 1. The zero-order valence-electron chi connectivity index (χ0n) is 5.46. The van der Waals surface area contributed by atoms with Gasteiger partial charge in [-0.05, 0) is 19.1 Å². The van der Waals surface area contributed by atoms with Gasteiger partial charge in [0.2, 0.25) is 0 Å². The fraction of sp³-hybridized carbons (Fsp3) is 0.143. The van der Waals surface area contributed by atoms with Gasteiger partial charge in [0.15, 0.2) is 0 Å². The van der Waals surface area contributed by atoms with E-state index in [4.69, 9.17) is 5.73 Å². The van der Waals surface area contributed by atoms with Crippen molar-refractivity contribution < 1.29 is 0 Å². The molecular formula is C7H9BN. The molecule has 1 rings (SSSR count). The molecule has 2 N–H and O–H groups in total. The highest BCUT2D eigenvalue weighted by Crippen LogP contribution is 2.02. The van der Waals surface area contributed by atoms with Gasteiger partial charge in [-0.1, -0.05) is 17.7 Å². The second-order valence-electron chi connectivity index (χ2n) is 1.91. The van der Waals surface area contributed by atoms with Crippen molar-refractivity contribution in [1.29, 1.82) is 0 Å². The van der Waals surface area contributed by atoms with Gasteiger partial charge in [-0.25, -0.2) is 0 Å². The quantitative estimate of drug-likeness (QED) is 0.402. The standard InChI is InChI=1S/C7H9N.B/c1-6-2-4-7(8)5-3-6;/h2-5H,8H2,1H3;. The van der Waals surface area contributed by atoms with Crippen molar-refractivity contribution in [3.63, 3.8) is 0 Å². The Morgan fingerprint density at radius 2 is 1.56 bits per heavy atom. The lowest BCUT2D eigenvalue weighted by molar-refractivity contribution is 1.47. The molecule has 0 saturated heterocycles. The third-order valence-corrected chi connectivity index (χ3v) is 1.08. The molecule has 0 fully saturated rings. The zero-order valence-corrected chi connectivity index (χ0v) is 5.46. The number of anilines is 1. The lowest BCUT2D eigenvalue weighted by Gasteiger charge is -1.90. The smallest absolute Gasteiger partial charge is 0.0314 e. The molecule has 0 aliphatic heterocycles. The van der Waals surface area contributed by atoms with Gasteiger partial charge in [0.1, 0.15) is 0 Å². The predicted molar refractivity (Wildman–Crippen MR) is 41.3 cm³/mol. The van der Waals surface area contributed by atoms with Crippen LogP contribution in [0.5, 0.6) is 0 Å². The van der Waals surface area contributed by atoms with E-state index in [1.165, 1.54) is 5.56 Å².